The summed E-state index contributed by atoms with van der Waals surface area (Å²) in [6.07, 6.45) is 1.65. The Bertz CT molecular complexity index is 1050. The van der Waals surface area contributed by atoms with Gasteiger partial charge < -0.3 is 15.4 Å². The van der Waals surface area contributed by atoms with Crippen molar-refractivity contribution in [2.24, 2.45) is 0 Å². The van der Waals surface area contributed by atoms with Crippen LogP contribution < -0.4 is 15.4 Å². The summed E-state index contributed by atoms with van der Waals surface area (Å²) in [4.78, 5) is 8.66. The lowest BCUT2D eigenvalue weighted by molar-refractivity contribution is 0.306. The van der Waals surface area contributed by atoms with Gasteiger partial charge in [0, 0.05) is 17.6 Å². The van der Waals surface area contributed by atoms with Crippen LogP contribution in [0.2, 0.25) is 0 Å². The van der Waals surface area contributed by atoms with E-state index in [1.165, 1.54) is 12.1 Å². The SMILES string of the molecule is Fc1ccc(Nc2ccnc(Nc3ccc(OCc4ccccc4)cc3)n2)cc1. The lowest BCUT2D eigenvalue weighted by Gasteiger charge is -2.10. The van der Waals surface area contributed by atoms with Crippen LogP contribution in [0.4, 0.5) is 27.5 Å². The molecule has 5 nitrogen and oxygen atoms in total. The Hall–Kier alpha value is -3.93. The summed E-state index contributed by atoms with van der Waals surface area (Å²) in [6.45, 7) is 0.522. The van der Waals surface area contributed by atoms with Crippen molar-refractivity contribution in [1.82, 2.24) is 9.97 Å². The van der Waals surface area contributed by atoms with Crippen LogP contribution in [0.15, 0.2) is 91.1 Å². The molecule has 0 radical (unpaired) electrons. The van der Waals surface area contributed by atoms with E-state index >= 15 is 0 Å². The first-order valence-electron chi connectivity index (χ1n) is 9.14. The van der Waals surface area contributed by atoms with E-state index in [9.17, 15) is 4.39 Å². The summed E-state index contributed by atoms with van der Waals surface area (Å²) >= 11 is 0. The van der Waals surface area contributed by atoms with Crippen LogP contribution in [0.5, 0.6) is 5.75 Å². The summed E-state index contributed by atoms with van der Waals surface area (Å²) in [7, 11) is 0. The number of rotatable bonds is 7. The number of hydrogen-bond donors (Lipinski definition) is 2. The smallest absolute Gasteiger partial charge is 0.229 e. The summed E-state index contributed by atoms with van der Waals surface area (Å²) < 4.78 is 18.8. The van der Waals surface area contributed by atoms with E-state index in [2.05, 4.69) is 20.6 Å². The molecule has 144 valence electrons. The van der Waals surface area contributed by atoms with E-state index in [-0.39, 0.29) is 5.82 Å². The van der Waals surface area contributed by atoms with Crippen molar-refractivity contribution in [2.45, 2.75) is 6.61 Å². The number of aromatic nitrogens is 2. The van der Waals surface area contributed by atoms with E-state index in [1.54, 1.807) is 24.4 Å². The molecule has 0 aliphatic carbocycles. The molecule has 0 amide bonds. The fourth-order valence-corrected chi connectivity index (χ4v) is 2.67. The van der Waals surface area contributed by atoms with E-state index in [0.717, 1.165) is 22.7 Å². The molecule has 0 bridgehead atoms. The molecule has 0 spiro atoms. The van der Waals surface area contributed by atoms with Gasteiger partial charge in [-0.2, -0.15) is 4.98 Å². The first-order chi connectivity index (χ1) is 14.2. The van der Waals surface area contributed by atoms with Crippen molar-refractivity contribution < 1.29 is 9.13 Å². The quantitative estimate of drug-likeness (QED) is 0.428. The Kier molecular flexibility index (Phi) is 5.62. The van der Waals surface area contributed by atoms with Crippen molar-refractivity contribution in [1.29, 1.82) is 0 Å². The van der Waals surface area contributed by atoms with Gasteiger partial charge in [0.1, 0.15) is 24.0 Å². The number of ether oxygens (including phenoxy) is 1. The van der Waals surface area contributed by atoms with Crippen LogP contribution in [0.1, 0.15) is 5.56 Å². The van der Waals surface area contributed by atoms with E-state index in [1.807, 2.05) is 54.6 Å². The topological polar surface area (TPSA) is 59.1 Å². The second kappa shape index (κ2) is 8.84. The molecule has 0 atom stereocenters. The molecule has 6 heteroatoms. The highest BCUT2D eigenvalue weighted by Crippen LogP contribution is 2.21. The largest absolute Gasteiger partial charge is 0.489 e. The second-order valence-corrected chi connectivity index (χ2v) is 6.32. The zero-order chi connectivity index (χ0) is 19.9. The van der Waals surface area contributed by atoms with Crippen LogP contribution in [0, 0.1) is 5.82 Å². The van der Waals surface area contributed by atoms with E-state index in [0.29, 0.717) is 18.4 Å². The highest BCUT2D eigenvalue weighted by Gasteiger charge is 2.02. The van der Waals surface area contributed by atoms with Crippen LogP contribution in [0.3, 0.4) is 0 Å². The normalized spacial score (nSPS) is 10.4. The van der Waals surface area contributed by atoms with Crippen molar-refractivity contribution in [3.05, 3.63) is 103 Å². The number of halogens is 1. The molecular formula is C23H19FN4O. The number of nitrogens with zero attached hydrogens (tertiary/aromatic N) is 2. The Morgan fingerprint density at radius 1 is 0.759 bits per heavy atom. The maximum atomic E-state index is 13.0. The molecule has 0 saturated heterocycles. The first-order valence-corrected chi connectivity index (χ1v) is 9.14. The van der Waals surface area contributed by atoms with Crippen LogP contribution in [-0.2, 0) is 6.61 Å². The summed E-state index contributed by atoms with van der Waals surface area (Å²) in [6, 6.07) is 25.5. The number of anilines is 4. The zero-order valence-electron chi connectivity index (χ0n) is 15.5. The molecular weight excluding hydrogens is 367 g/mol. The molecule has 4 rings (SSSR count). The average molecular weight is 386 g/mol. The van der Waals surface area contributed by atoms with Gasteiger partial charge in [0.05, 0.1) is 0 Å². The van der Waals surface area contributed by atoms with Crippen molar-refractivity contribution in [3.8, 4) is 5.75 Å². The number of benzene rings is 3. The molecule has 2 N–H and O–H groups in total. The van der Waals surface area contributed by atoms with Gasteiger partial charge in [0.2, 0.25) is 5.95 Å². The minimum atomic E-state index is -0.281. The van der Waals surface area contributed by atoms with Crippen LogP contribution in [-0.4, -0.2) is 9.97 Å². The molecule has 0 aliphatic heterocycles. The highest BCUT2D eigenvalue weighted by molar-refractivity contribution is 5.59. The van der Waals surface area contributed by atoms with Crippen molar-refractivity contribution in [3.63, 3.8) is 0 Å². The van der Waals surface area contributed by atoms with E-state index in [4.69, 9.17) is 4.74 Å². The maximum absolute atomic E-state index is 13.0. The van der Waals surface area contributed by atoms with Crippen LogP contribution in [0.25, 0.3) is 0 Å². The average Bonchev–Trinajstić information content (AvgIpc) is 2.76. The van der Waals surface area contributed by atoms with Gasteiger partial charge in [-0.15, -0.1) is 0 Å². The third kappa shape index (κ3) is 5.29. The molecule has 0 unspecified atom stereocenters. The van der Waals surface area contributed by atoms with Gasteiger partial charge in [0.15, 0.2) is 0 Å². The van der Waals surface area contributed by atoms with Crippen molar-refractivity contribution in [2.75, 3.05) is 10.6 Å². The fourth-order valence-electron chi connectivity index (χ4n) is 2.67. The maximum Gasteiger partial charge on any atom is 0.229 e. The Labute approximate surface area is 168 Å². The molecule has 0 fully saturated rings. The minimum absolute atomic E-state index is 0.281. The van der Waals surface area contributed by atoms with Gasteiger partial charge in [-0.3, -0.25) is 0 Å². The predicted molar refractivity (Wildman–Crippen MR) is 112 cm³/mol. The summed E-state index contributed by atoms with van der Waals surface area (Å²) in [5.74, 6) is 1.57. The standard InChI is InChI=1S/C23H19FN4O/c24-18-6-8-19(9-7-18)26-22-14-15-25-23(28-22)27-20-10-12-21(13-11-20)29-16-17-4-2-1-3-5-17/h1-15H,16H2,(H2,25,26,27,28). The Morgan fingerprint density at radius 3 is 2.21 bits per heavy atom. The Balaban J connectivity index is 1.37. The Morgan fingerprint density at radius 2 is 1.45 bits per heavy atom. The third-order valence-electron chi connectivity index (χ3n) is 4.13. The van der Waals surface area contributed by atoms with E-state index < -0.39 is 0 Å². The molecule has 0 saturated carbocycles. The molecule has 1 aromatic heterocycles. The fraction of sp³-hybridized carbons (Fsp3) is 0.0435. The lowest BCUT2D eigenvalue weighted by Crippen LogP contribution is -2.00. The number of hydrogen-bond acceptors (Lipinski definition) is 5. The van der Waals surface area contributed by atoms with Gasteiger partial charge >= 0.3 is 0 Å². The predicted octanol–water partition coefficient (Wildman–Crippen LogP) is 5.68. The van der Waals surface area contributed by atoms with Crippen LogP contribution >= 0.6 is 0 Å². The monoisotopic (exact) mass is 386 g/mol. The molecule has 1 heterocycles. The zero-order valence-corrected chi connectivity index (χ0v) is 15.5. The summed E-state index contributed by atoms with van der Waals surface area (Å²) in [5, 5.41) is 6.28. The third-order valence-corrected chi connectivity index (χ3v) is 4.13. The minimum Gasteiger partial charge on any atom is -0.489 e. The summed E-state index contributed by atoms with van der Waals surface area (Å²) in [5.41, 5.74) is 2.71. The van der Waals surface area contributed by atoms with Crippen molar-refractivity contribution >= 4 is 23.1 Å². The molecule has 3 aromatic carbocycles. The van der Waals surface area contributed by atoms with Gasteiger partial charge in [0.25, 0.3) is 0 Å². The second-order valence-electron chi connectivity index (χ2n) is 6.32. The van der Waals surface area contributed by atoms with Gasteiger partial charge in [-0.1, -0.05) is 30.3 Å². The molecule has 29 heavy (non-hydrogen) atoms. The first kappa shape index (κ1) is 18.4. The lowest BCUT2D eigenvalue weighted by atomic mass is 10.2. The highest BCUT2D eigenvalue weighted by atomic mass is 19.1. The number of nitrogens with one attached hydrogen (secondary N) is 2. The van der Waals surface area contributed by atoms with Gasteiger partial charge in [-0.05, 0) is 60.2 Å². The molecule has 0 aliphatic rings. The molecule has 4 aromatic rings. The van der Waals surface area contributed by atoms with Gasteiger partial charge in [-0.25, -0.2) is 9.37 Å².